The van der Waals surface area contributed by atoms with Gasteiger partial charge in [-0.25, -0.2) is 23.9 Å². The molecule has 4 rings (SSSR count). The lowest BCUT2D eigenvalue weighted by atomic mass is 10.1. The number of likely N-dealkylation sites (tertiary alicyclic amines) is 1. The lowest BCUT2D eigenvalue weighted by Gasteiger charge is -2.31. The van der Waals surface area contributed by atoms with E-state index in [9.17, 15) is 9.59 Å². The number of hydrogen-bond donors (Lipinski definition) is 2. The first-order valence-electron chi connectivity index (χ1n) is 12.7. The minimum absolute atomic E-state index is 0.0161. The number of aromatic nitrogens is 2. The Morgan fingerprint density at radius 3 is 2.18 bits per heavy atom. The predicted octanol–water partition coefficient (Wildman–Crippen LogP) is 5.78. The van der Waals surface area contributed by atoms with Crippen molar-refractivity contribution in [1.82, 2.24) is 20.2 Å². The number of carbonyl (C=O) groups is 2. The summed E-state index contributed by atoms with van der Waals surface area (Å²) in [6.07, 6.45) is 4.03. The Balaban J connectivity index is 1.22. The van der Waals surface area contributed by atoms with Crippen LogP contribution in [0, 0.1) is 6.92 Å². The number of amides is 3. The third kappa shape index (κ3) is 8.25. The monoisotopic (exact) mass is 551 g/mol. The Hall–Kier alpha value is -3.99. The van der Waals surface area contributed by atoms with Gasteiger partial charge in [0, 0.05) is 49.8 Å². The van der Waals surface area contributed by atoms with Crippen molar-refractivity contribution < 1.29 is 23.8 Å². The van der Waals surface area contributed by atoms with E-state index in [0.29, 0.717) is 43.2 Å². The van der Waals surface area contributed by atoms with E-state index in [1.54, 1.807) is 17.2 Å². The largest absolute Gasteiger partial charge is 0.490 e. The molecular formula is C28H33N5O5S. The first-order chi connectivity index (χ1) is 18.6. The average molecular weight is 552 g/mol. The third-order valence-electron chi connectivity index (χ3n) is 5.76. The maximum absolute atomic E-state index is 12.6. The summed E-state index contributed by atoms with van der Waals surface area (Å²) < 4.78 is 18.4. The number of ether oxygens (including phenoxy) is 3. The number of thiol groups is 1. The summed E-state index contributed by atoms with van der Waals surface area (Å²) in [7, 11) is 0. The van der Waals surface area contributed by atoms with Crippen LogP contribution in [0.3, 0.4) is 0 Å². The second-order valence-corrected chi connectivity index (χ2v) is 10.7. The normalized spacial score (nSPS) is 13.9. The highest BCUT2D eigenvalue weighted by molar-refractivity contribution is 7.82. The molecule has 3 heterocycles. The number of aryl methyl sites for hydroxylation is 1. The van der Waals surface area contributed by atoms with Gasteiger partial charge in [-0.3, -0.25) is 0 Å². The number of nitrogens with zero attached hydrogens (tertiary/aromatic N) is 4. The Bertz CT molecular complexity index is 1260. The fourth-order valence-corrected chi connectivity index (χ4v) is 3.94. The first kappa shape index (κ1) is 28.0. The number of pyridine rings is 2. The number of anilines is 1. The van der Waals surface area contributed by atoms with Gasteiger partial charge in [0.15, 0.2) is 0 Å². The van der Waals surface area contributed by atoms with Crippen molar-refractivity contribution in [3.05, 3.63) is 66.5 Å². The van der Waals surface area contributed by atoms with Crippen LogP contribution in [0.2, 0.25) is 0 Å². The van der Waals surface area contributed by atoms with E-state index in [1.807, 2.05) is 64.1 Å². The minimum Gasteiger partial charge on any atom is -0.490 e. The molecule has 1 fully saturated rings. The second-order valence-electron chi connectivity index (χ2n) is 10.3. The van der Waals surface area contributed by atoms with Crippen LogP contribution in [0.5, 0.6) is 23.3 Å². The zero-order valence-corrected chi connectivity index (χ0v) is 23.4. The lowest BCUT2D eigenvalue weighted by Crippen LogP contribution is -2.45. The Kier molecular flexibility index (Phi) is 8.80. The highest BCUT2D eigenvalue weighted by Crippen LogP contribution is 2.25. The summed E-state index contributed by atoms with van der Waals surface area (Å²) in [4.78, 5) is 34.9. The molecule has 1 N–H and O–H groups in total. The van der Waals surface area contributed by atoms with Crippen LogP contribution < -0.4 is 23.8 Å². The predicted molar refractivity (Wildman–Crippen MR) is 151 cm³/mol. The molecule has 3 amide bonds. The summed E-state index contributed by atoms with van der Waals surface area (Å²) in [5.74, 6) is 2.09. The van der Waals surface area contributed by atoms with E-state index in [0.717, 1.165) is 15.6 Å². The quantitative estimate of drug-likeness (QED) is 0.374. The second kappa shape index (κ2) is 12.2. The van der Waals surface area contributed by atoms with E-state index in [1.165, 1.54) is 12.3 Å². The number of carbonyl (C=O) groups excluding carboxylic acids is 2. The molecule has 0 unspecified atom stereocenters. The van der Waals surface area contributed by atoms with E-state index in [4.69, 9.17) is 14.2 Å². The van der Waals surface area contributed by atoms with Gasteiger partial charge in [0.1, 0.15) is 17.6 Å². The fourth-order valence-electron chi connectivity index (χ4n) is 3.77. The topological polar surface area (TPSA) is 106 Å². The van der Waals surface area contributed by atoms with Gasteiger partial charge in [0.25, 0.3) is 0 Å². The van der Waals surface area contributed by atoms with Crippen molar-refractivity contribution in [2.24, 2.45) is 0 Å². The van der Waals surface area contributed by atoms with Crippen molar-refractivity contribution >= 4 is 30.6 Å². The molecule has 0 aliphatic carbocycles. The van der Waals surface area contributed by atoms with Gasteiger partial charge in [-0.15, -0.1) is 0 Å². The molecule has 1 aliphatic heterocycles. The van der Waals surface area contributed by atoms with Crippen LogP contribution in [-0.4, -0.2) is 51.7 Å². The van der Waals surface area contributed by atoms with Gasteiger partial charge in [0.2, 0.25) is 11.8 Å². The Morgan fingerprint density at radius 2 is 1.59 bits per heavy atom. The molecule has 3 aromatic rings. The van der Waals surface area contributed by atoms with Crippen LogP contribution >= 0.6 is 12.8 Å². The van der Waals surface area contributed by atoms with Gasteiger partial charge >= 0.3 is 12.1 Å². The van der Waals surface area contributed by atoms with Crippen molar-refractivity contribution in [2.45, 2.75) is 52.2 Å². The highest BCUT2D eigenvalue weighted by atomic mass is 32.1. The third-order valence-corrected chi connectivity index (χ3v) is 6.18. The van der Waals surface area contributed by atoms with Gasteiger partial charge < -0.3 is 24.4 Å². The molecule has 39 heavy (non-hydrogen) atoms. The molecule has 1 saturated heterocycles. The Morgan fingerprint density at radius 1 is 0.949 bits per heavy atom. The van der Waals surface area contributed by atoms with Crippen LogP contribution in [0.4, 0.5) is 15.3 Å². The molecule has 0 spiro atoms. The first-order valence-corrected chi connectivity index (χ1v) is 13.1. The molecule has 2 aromatic heterocycles. The van der Waals surface area contributed by atoms with Crippen LogP contribution in [0.25, 0.3) is 0 Å². The smallest absolute Gasteiger partial charge is 0.416 e. The van der Waals surface area contributed by atoms with Crippen LogP contribution in [0.1, 0.15) is 39.2 Å². The highest BCUT2D eigenvalue weighted by Gasteiger charge is 2.26. The number of rotatable bonds is 6. The maximum atomic E-state index is 12.6. The van der Waals surface area contributed by atoms with Crippen LogP contribution in [0.15, 0.2) is 60.9 Å². The molecule has 0 saturated carbocycles. The number of hydrogen-bond acceptors (Lipinski definition) is 8. The van der Waals surface area contributed by atoms with Crippen molar-refractivity contribution in [3.8, 4) is 23.3 Å². The summed E-state index contributed by atoms with van der Waals surface area (Å²) >= 11 is 4.23. The number of piperidine rings is 1. The molecule has 206 valence electrons. The number of benzene rings is 1. The standard InChI is InChI=1S/C28H33N5O5S/c1-19-5-11-24(29-17-19)37-22-9-7-21(8-10-22)36-23-13-15-32(16-14-23)27(35)38-25-12-6-20(18-30-25)33(39)26(34)31-28(2,3)4/h5-12,17-18,23,39H,13-16H2,1-4H3,(H,31,34). The molecule has 0 atom stereocenters. The molecule has 10 nitrogen and oxygen atoms in total. The summed E-state index contributed by atoms with van der Waals surface area (Å²) in [5.41, 5.74) is 1.11. The van der Waals surface area contributed by atoms with Gasteiger partial charge in [-0.05, 0) is 63.6 Å². The van der Waals surface area contributed by atoms with Crippen molar-refractivity contribution in [2.75, 3.05) is 17.4 Å². The van der Waals surface area contributed by atoms with E-state index in [2.05, 4.69) is 28.1 Å². The van der Waals surface area contributed by atoms with Crippen molar-refractivity contribution in [1.29, 1.82) is 0 Å². The fraction of sp³-hybridized carbons (Fsp3) is 0.357. The maximum Gasteiger partial charge on any atom is 0.416 e. The van der Waals surface area contributed by atoms with E-state index >= 15 is 0 Å². The zero-order valence-electron chi connectivity index (χ0n) is 22.5. The van der Waals surface area contributed by atoms with Gasteiger partial charge in [-0.2, -0.15) is 0 Å². The van der Waals surface area contributed by atoms with Crippen LogP contribution in [-0.2, 0) is 0 Å². The van der Waals surface area contributed by atoms with Gasteiger partial charge in [-0.1, -0.05) is 18.9 Å². The number of nitrogens with one attached hydrogen (secondary N) is 1. The summed E-state index contributed by atoms with van der Waals surface area (Å²) in [6.45, 7) is 8.60. The molecule has 1 aromatic carbocycles. The molecular weight excluding hydrogens is 518 g/mol. The zero-order chi connectivity index (χ0) is 28.0. The molecule has 0 radical (unpaired) electrons. The minimum atomic E-state index is -0.479. The van der Waals surface area contributed by atoms with Gasteiger partial charge in [0.05, 0.1) is 11.9 Å². The molecule has 11 heteroatoms. The lowest BCUT2D eigenvalue weighted by molar-refractivity contribution is 0.0923. The number of urea groups is 1. The van der Waals surface area contributed by atoms with E-state index < -0.39 is 11.6 Å². The molecule has 1 aliphatic rings. The SMILES string of the molecule is Cc1ccc(Oc2ccc(OC3CCN(C(=O)Oc4ccc(N(S)C(=O)NC(C)(C)C)cn4)CC3)cc2)nc1. The van der Waals surface area contributed by atoms with Crippen molar-refractivity contribution in [3.63, 3.8) is 0 Å². The molecule has 0 bridgehead atoms. The summed E-state index contributed by atoms with van der Waals surface area (Å²) in [5, 5.41) is 2.81. The van der Waals surface area contributed by atoms with E-state index in [-0.39, 0.29) is 18.0 Å². The average Bonchev–Trinajstić information content (AvgIpc) is 2.90. The Labute approximate surface area is 233 Å². The summed E-state index contributed by atoms with van der Waals surface area (Å²) in [6, 6.07) is 13.9.